The van der Waals surface area contributed by atoms with E-state index in [9.17, 15) is 28.1 Å². The van der Waals surface area contributed by atoms with Crippen molar-refractivity contribution in [2.45, 2.75) is 18.3 Å². The molecule has 0 saturated carbocycles. The van der Waals surface area contributed by atoms with Crippen molar-refractivity contribution in [2.75, 3.05) is 18.2 Å². The quantitative estimate of drug-likeness (QED) is 0.217. The molecule has 0 aliphatic rings. The molecule has 3 aromatic rings. The van der Waals surface area contributed by atoms with Crippen LogP contribution in [0.25, 0.3) is 11.3 Å². The van der Waals surface area contributed by atoms with Gasteiger partial charge >= 0.3 is 6.18 Å². The van der Waals surface area contributed by atoms with Crippen molar-refractivity contribution in [3.8, 4) is 17.0 Å². The number of carbonyl (C=O) groups is 1. The maximum Gasteiger partial charge on any atom is 0.433 e. The largest absolute Gasteiger partial charge is 0.494 e. The molecule has 0 bridgehead atoms. The fraction of sp³-hybridized carbons (Fsp3) is 0.190. The number of rotatable bonds is 7. The summed E-state index contributed by atoms with van der Waals surface area (Å²) in [5, 5.41) is 13.2. The molecule has 2 aromatic carbocycles. The van der Waals surface area contributed by atoms with E-state index in [4.69, 9.17) is 4.74 Å². The third-order valence-electron chi connectivity index (χ3n) is 4.35. The van der Waals surface area contributed by atoms with Crippen LogP contribution in [0, 0.1) is 17.0 Å². The number of nitrogens with one attached hydrogen (secondary N) is 1. The Hall–Kier alpha value is -3.67. The number of aryl methyl sites for hydroxylation is 1. The first-order valence-corrected chi connectivity index (χ1v) is 10.3. The zero-order valence-corrected chi connectivity index (χ0v) is 18.2. The van der Waals surface area contributed by atoms with Gasteiger partial charge < -0.3 is 10.1 Å². The lowest BCUT2D eigenvalue weighted by Gasteiger charge is -2.11. The van der Waals surface area contributed by atoms with E-state index in [1.54, 1.807) is 24.3 Å². The average Bonchev–Trinajstić information content (AvgIpc) is 2.77. The number of non-ortho nitro benzene ring substituents is 1. The molecule has 12 heteroatoms. The van der Waals surface area contributed by atoms with Crippen molar-refractivity contribution in [1.29, 1.82) is 0 Å². The number of halogens is 3. The van der Waals surface area contributed by atoms with Gasteiger partial charge in [0.1, 0.15) is 11.4 Å². The number of thioether (sulfide) groups is 1. The Labute approximate surface area is 190 Å². The van der Waals surface area contributed by atoms with Gasteiger partial charge in [-0.1, -0.05) is 41.6 Å². The van der Waals surface area contributed by atoms with Crippen molar-refractivity contribution >= 4 is 29.0 Å². The van der Waals surface area contributed by atoms with Crippen molar-refractivity contribution in [2.24, 2.45) is 0 Å². The number of ether oxygens (including phenoxy) is 1. The van der Waals surface area contributed by atoms with Gasteiger partial charge in [0.2, 0.25) is 5.91 Å². The Balaban J connectivity index is 1.79. The highest BCUT2D eigenvalue weighted by Gasteiger charge is 2.34. The molecule has 3 rings (SSSR count). The van der Waals surface area contributed by atoms with E-state index in [2.05, 4.69) is 15.3 Å². The Kier molecular flexibility index (Phi) is 7.16. The molecule has 1 heterocycles. The number of methoxy groups -OCH3 is 1. The summed E-state index contributed by atoms with van der Waals surface area (Å²) < 4.78 is 45.1. The highest BCUT2D eigenvalue weighted by Crippen LogP contribution is 2.33. The standard InChI is InChI=1S/C21H17F3N4O4S/c1-12-3-5-13(6-4-12)16-10-18(21(22,23)24)27-20(26-16)33-11-19(29)25-15-8-7-14(28(30)31)9-17(15)32-2/h3-10H,11H2,1-2H3,(H,25,29). The summed E-state index contributed by atoms with van der Waals surface area (Å²) in [5.41, 5.74) is 0.344. The van der Waals surface area contributed by atoms with E-state index in [-0.39, 0.29) is 33.7 Å². The van der Waals surface area contributed by atoms with Gasteiger partial charge in [-0.3, -0.25) is 14.9 Å². The number of alkyl halides is 3. The van der Waals surface area contributed by atoms with Crippen LogP contribution in [-0.2, 0) is 11.0 Å². The van der Waals surface area contributed by atoms with Gasteiger partial charge in [-0.25, -0.2) is 9.97 Å². The molecule has 8 nitrogen and oxygen atoms in total. The predicted molar refractivity (Wildman–Crippen MR) is 116 cm³/mol. The van der Waals surface area contributed by atoms with E-state index in [0.717, 1.165) is 29.5 Å². The summed E-state index contributed by atoms with van der Waals surface area (Å²) in [6.45, 7) is 1.85. The van der Waals surface area contributed by atoms with Crippen LogP contribution in [0.1, 0.15) is 11.3 Å². The van der Waals surface area contributed by atoms with Crippen LogP contribution in [-0.4, -0.2) is 33.7 Å². The molecular formula is C21H17F3N4O4S. The van der Waals surface area contributed by atoms with Crippen molar-refractivity contribution < 1.29 is 27.6 Å². The van der Waals surface area contributed by atoms with Crippen LogP contribution in [0.2, 0.25) is 0 Å². The molecule has 33 heavy (non-hydrogen) atoms. The molecule has 0 aliphatic carbocycles. The Morgan fingerprint density at radius 1 is 1.15 bits per heavy atom. The van der Waals surface area contributed by atoms with E-state index in [1.165, 1.54) is 19.2 Å². The maximum atomic E-state index is 13.3. The number of carbonyl (C=O) groups excluding carboxylic acids is 1. The molecule has 0 spiro atoms. The van der Waals surface area contributed by atoms with Crippen LogP contribution < -0.4 is 10.1 Å². The van der Waals surface area contributed by atoms with E-state index < -0.39 is 22.7 Å². The van der Waals surface area contributed by atoms with Gasteiger partial charge in [-0.15, -0.1) is 0 Å². The van der Waals surface area contributed by atoms with Gasteiger partial charge in [-0.05, 0) is 19.1 Å². The molecule has 0 fully saturated rings. The second kappa shape index (κ2) is 9.86. The maximum absolute atomic E-state index is 13.3. The third-order valence-corrected chi connectivity index (χ3v) is 5.19. The lowest BCUT2D eigenvalue weighted by atomic mass is 10.1. The average molecular weight is 478 g/mol. The molecule has 1 aromatic heterocycles. The molecule has 0 aliphatic heterocycles. The minimum Gasteiger partial charge on any atom is -0.494 e. The predicted octanol–water partition coefficient (Wildman–Crippen LogP) is 5.12. The highest BCUT2D eigenvalue weighted by atomic mass is 32.2. The third kappa shape index (κ3) is 6.19. The number of nitro groups is 1. The first-order chi connectivity index (χ1) is 15.6. The second-order valence-electron chi connectivity index (χ2n) is 6.76. The van der Waals surface area contributed by atoms with Gasteiger partial charge in [-0.2, -0.15) is 13.2 Å². The molecular weight excluding hydrogens is 461 g/mol. The number of benzene rings is 2. The van der Waals surface area contributed by atoms with Crippen molar-refractivity contribution in [3.63, 3.8) is 0 Å². The SMILES string of the molecule is COc1cc([N+](=O)[O-])ccc1NC(=O)CSc1nc(-c2ccc(C)cc2)cc(C(F)(F)F)n1. The van der Waals surface area contributed by atoms with Gasteiger partial charge in [0.15, 0.2) is 5.16 Å². The van der Waals surface area contributed by atoms with Crippen molar-refractivity contribution in [1.82, 2.24) is 9.97 Å². The fourth-order valence-electron chi connectivity index (χ4n) is 2.72. The summed E-state index contributed by atoms with van der Waals surface area (Å²) in [6, 6.07) is 11.3. The van der Waals surface area contributed by atoms with Crippen LogP contribution in [0.3, 0.4) is 0 Å². The molecule has 0 saturated heterocycles. The van der Waals surface area contributed by atoms with Crippen LogP contribution >= 0.6 is 11.8 Å². The molecule has 1 amide bonds. The van der Waals surface area contributed by atoms with Gasteiger partial charge in [0, 0.05) is 11.6 Å². The summed E-state index contributed by atoms with van der Waals surface area (Å²) in [4.78, 5) is 30.3. The fourth-order valence-corrected chi connectivity index (χ4v) is 3.38. The van der Waals surface area contributed by atoms with E-state index in [1.807, 2.05) is 6.92 Å². The first kappa shape index (κ1) is 24.0. The Morgan fingerprint density at radius 3 is 2.45 bits per heavy atom. The topological polar surface area (TPSA) is 107 Å². The minimum absolute atomic E-state index is 0.0690. The number of anilines is 1. The molecule has 172 valence electrons. The van der Waals surface area contributed by atoms with Crippen LogP contribution in [0.5, 0.6) is 5.75 Å². The first-order valence-electron chi connectivity index (χ1n) is 9.35. The highest BCUT2D eigenvalue weighted by molar-refractivity contribution is 7.99. The van der Waals surface area contributed by atoms with Crippen LogP contribution in [0.15, 0.2) is 53.7 Å². The van der Waals surface area contributed by atoms with E-state index in [0.29, 0.717) is 5.56 Å². The summed E-state index contributed by atoms with van der Waals surface area (Å²) in [5.74, 6) is -0.806. The molecule has 0 atom stereocenters. The molecule has 1 N–H and O–H groups in total. The number of hydrogen-bond donors (Lipinski definition) is 1. The smallest absolute Gasteiger partial charge is 0.433 e. The Bertz CT molecular complexity index is 1190. The summed E-state index contributed by atoms with van der Waals surface area (Å²) in [6.07, 6.45) is -4.69. The Morgan fingerprint density at radius 2 is 1.85 bits per heavy atom. The zero-order valence-electron chi connectivity index (χ0n) is 17.3. The second-order valence-corrected chi connectivity index (χ2v) is 7.71. The van der Waals surface area contributed by atoms with Crippen molar-refractivity contribution in [3.05, 3.63) is 69.9 Å². The molecule has 0 radical (unpaired) electrons. The van der Waals surface area contributed by atoms with Gasteiger partial charge in [0.25, 0.3) is 5.69 Å². The number of nitrogens with zero attached hydrogens (tertiary/aromatic N) is 3. The zero-order chi connectivity index (χ0) is 24.2. The lowest BCUT2D eigenvalue weighted by molar-refractivity contribution is -0.384. The normalized spacial score (nSPS) is 11.2. The van der Waals surface area contributed by atoms with Crippen LogP contribution in [0.4, 0.5) is 24.5 Å². The summed E-state index contributed by atoms with van der Waals surface area (Å²) >= 11 is 0.728. The monoisotopic (exact) mass is 478 g/mol. The minimum atomic E-state index is -4.69. The molecule has 0 unspecified atom stereocenters. The summed E-state index contributed by atoms with van der Waals surface area (Å²) in [7, 11) is 1.28. The number of nitro benzene ring substituents is 1. The lowest BCUT2D eigenvalue weighted by Crippen LogP contribution is -2.16. The number of amides is 1. The van der Waals surface area contributed by atoms with E-state index >= 15 is 0 Å². The number of aromatic nitrogens is 2. The van der Waals surface area contributed by atoms with Gasteiger partial charge in [0.05, 0.1) is 35.2 Å². The number of hydrogen-bond acceptors (Lipinski definition) is 7.